The second kappa shape index (κ2) is 4.40. The van der Waals surface area contributed by atoms with Crippen LogP contribution in [0.5, 0.6) is 0 Å². The Morgan fingerprint density at radius 2 is 2.06 bits per heavy atom. The zero-order chi connectivity index (χ0) is 11.8. The molecule has 5 heteroatoms. The van der Waals surface area contributed by atoms with Gasteiger partial charge in [-0.1, -0.05) is 12.1 Å². The minimum atomic E-state index is 0.783. The van der Waals surface area contributed by atoms with E-state index in [9.17, 15) is 0 Å². The largest absolute Gasteiger partial charge is 0.378 e. The van der Waals surface area contributed by atoms with Crippen LogP contribution in [-0.4, -0.2) is 31.0 Å². The number of rotatable bonds is 1. The third kappa shape index (κ3) is 1.88. The molecule has 1 aliphatic heterocycles. The van der Waals surface area contributed by atoms with Gasteiger partial charge in [0.1, 0.15) is 0 Å². The molecule has 2 heterocycles. The molecule has 0 spiro atoms. The summed E-state index contributed by atoms with van der Waals surface area (Å²) in [6.07, 6.45) is 0. The van der Waals surface area contributed by atoms with Crippen molar-refractivity contribution in [2.75, 3.05) is 31.3 Å². The lowest BCUT2D eigenvalue weighted by Gasteiger charge is -2.30. The molecule has 2 aromatic rings. The second-order valence-corrected chi connectivity index (χ2v) is 5.84. The summed E-state index contributed by atoms with van der Waals surface area (Å²) in [4.78, 5) is 0. The molecule has 17 heavy (non-hydrogen) atoms. The monoisotopic (exact) mass is 266 g/mol. The van der Waals surface area contributed by atoms with Crippen LogP contribution < -0.4 is 5.01 Å². The summed E-state index contributed by atoms with van der Waals surface area (Å²) in [5.41, 5.74) is 2.53. The maximum absolute atomic E-state index is 5.49. The Kier molecular flexibility index (Phi) is 2.90. The Bertz CT molecular complexity index is 596. The van der Waals surface area contributed by atoms with Crippen LogP contribution in [0, 0.1) is 10.9 Å². The van der Waals surface area contributed by atoms with Gasteiger partial charge in [-0.05, 0) is 30.8 Å². The van der Waals surface area contributed by atoms with Crippen molar-refractivity contribution in [2.24, 2.45) is 0 Å². The van der Waals surface area contributed by atoms with E-state index in [0.717, 1.165) is 30.3 Å². The van der Waals surface area contributed by atoms with E-state index in [2.05, 4.69) is 34.8 Å². The van der Waals surface area contributed by atoms with E-state index in [-0.39, 0.29) is 0 Å². The van der Waals surface area contributed by atoms with Gasteiger partial charge in [0.25, 0.3) is 0 Å². The number of aryl methyl sites for hydroxylation is 1. The van der Waals surface area contributed by atoms with Gasteiger partial charge in [-0.25, -0.2) is 4.68 Å². The number of hydrogen-bond donors (Lipinski definition) is 0. The third-order valence-corrected chi connectivity index (χ3v) is 4.37. The molecule has 0 amide bonds. The second-order valence-electron chi connectivity index (χ2n) is 4.17. The molecular weight excluding hydrogens is 252 g/mol. The van der Waals surface area contributed by atoms with E-state index >= 15 is 0 Å². The first-order valence-electron chi connectivity index (χ1n) is 5.71. The van der Waals surface area contributed by atoms with Gasteiger partial charge in [0.05, 0.1) is 36.5 Å². The fourth-order valence-corrected chi connectivity index (χ4v) is 3.67. The number of morpholine rings is 1. The molecule has 0 aliphatic carbocycles. The Balaban J connectivity index is 2.20. The molecule has 3 nitrogen and oxygen atoms in total. The predicted molar refractivity (Wildman–Crippen MR) is 74.2 cm³/mol. The van der Waals surface area contributed by atoms with Gasteiger partial charge in [-0.15, -0.1) is 11.3 Å². The van der Waals surface area contributed by atoms with Crippen molar-refractivity contribution in [3.05, 3.63) is 27.7 Å². The molecular formula is C12H14N2OS2. The highest BCUT2D eigenvalue weighted by atomic mass is 32.1. The molecule has 90 valence electrons. The summed E-state index contributed by atoms with van der Waals surface area (Å²) in [7, 11) is 0. The molecule has 0 N–H and O–H groups in total. The lowest BCUT2D eigenvalue weighted by molar-refractivity contribution is 0.112. The molecule has 0 bridgehead atoms. The molecule has 0 saturated carbocycles. The van der Waals surface area contributed by atoms with Crippen molar-refractivity contribution in [2.45, 2.75) is 6.92 Å². The molecule has 3 rings (SSSR count). The normalized spacial score (nSPS) is 16.6. The number of aromatic nitrogens is 1. The highest BCUT2D eigenvalue weighted by Crippen LogP contribution is 2.26. The van der Waals surface area contributed by atoms with Crippen molar-refractivity contribution in [3.63, 3.8) is 0 Å². The summed E-state index contributed by atoms with van der Waals surface area (Å²) in [5, 5.41) is 2.29. The van der Waals surface area contributed by atoms with E-state index in [1.54, 1.807) is 11.3 Å². The van der Waals surface area contributed by atoms with Crippen LogP contribution in [0.15, 0.2) is 18.2 Å². The number of thiazole rings is 1. The Hall–Kier alpha value is -0.910. The third-order valence-electron chi connectivity index (χ3n) is 3.05. The molecule has 1 saturated heterocycles. The van der Waals surface area contributed by atoms with E-state index in [1.807, 2.05) is 0 Å². The number of fused-ring (bicyclic) bond motifs is 1. The number of ether oxygens (including phenoxy) is 1. The van der Waals surface area contributed by atoms with Crippen LogP contribution in [0.25, 0.3) is 10.2 Å². The van der Waals surface area contributed by atoms with Crippen molar-refractivity contribution in [1.29, 1.82) is 0 Å². The smallest absolute Gasteiger partial charge is 0.181 e. The maximum Gasteiger partial charge on any atom is 0.181 e. The van der Waals surface area contributed by atoms with Gasteiger partial charge in [0.15, 0.2) is 3.95 Å². The van der Waals surface area contributed by atoms with Crippen LogP contribution >= 0.6 is 23.6 Å². The fraction of sp³-hybridized carbons (Fsp3) is 0.417. The van der Waals surface area contributed by atoms with Crippen molar-refractivity contribution in [1.82, 2.24) is 4.68 Å². The lowest BCUT2D eigenvalue weighted by Crippen LogP contribution is -2.43. The minimum Gasteiger partial charge on any atom is -0.378 e. The van der Waals surface area contributed by atoms with Crippen molar-refractivity contribution in [3.8, 4) is 0 Å². The first kappa shape index (κ1) is 11.2. The van der Waals surface area contributed by atoms with Gasteiger partial charge in [0.2, 0.25) is 0 Å². The highest BCUT2D eigenvalue weighted by Gasteiger charge is 2.16. The Morgan fingerprint density at radius 3 is 2.82 bits per heavy atom. The number of nitrogens with zero attached hydrogens (tertiary/aromatic N) is 2. The molecule has 0 atom stereocenters. The zero-order valence-electron chi connectivity index (χ0n) is 9.68. The van der Waals surface area contributed by atoms with Gasteiger partial charge in [-0.3, -0.25) is 0 Å². The minimum absolute atomic E-state index is 0.783. The Labute approximate surface area is 109 Å². The topological polar surface area (TPSA) is 17.4 Å². The molecule has 0 radical (unpaired) electrons. The number of hydrogen-bond acceptors (Lipinski definition) is 4. The number of para-hydroxylation sites is 1. The van der Waals surface area contributed by atoms with E-state index < -0.39 is 0 Å². The highest BCUT2D eigenvalue weighted by molar-refractivity contribution is 7.73. The van der Waals surface area contributed by atoms with E-state index in [1.165, 1.54) is 15.8 Å². The molecule has 1 aromatic heterocycles. The average Bonchev–Trinajstić information content (AvgIpc) is 2.68. The SMILES string of the molecule is Cc1cccc2sc(=S)n(N3CCOCC3)c12. The average molecular weight is 266 g/mol. The van der Waals surface area contributed by atoms with Crippen LogP contribution in [0.1, 0.15) is 5.56 Å². The summed E-state index contributed by atoms with van der Waals surface area (Å²) >= 11 is 7.17. The van der Waals surface area contributed by atoms with Crippen LogP contribution in [0.3, 0.4) is 0 Å². The molecule has 1 aliphatic rings. The Morgan fingerprint density at radius 1 is 1.29 bits per heavy atom. The summed E-state index contributed by atoms with van der Waals surface area (Å²) in [5.74, 6) is 0. The summed E-state index contributed by atoms with van der Waals surface area (Å²) in [6.45, 7) is 5.53. The van der Waals surface area contributed by atoms with E-state index in [4.69, 9.17) is 17.0 Å². The lowest BCUT2D eigenvalue weighted by atomic mass is 10.2. The van der Waals surface area contributed by atoms with Crippen molar-refractivity contribution < 1.29 is 4.74 Å². The fourth-order valence-electron chi connectivity index (χ4n) is 2.23. The van der Waals surface area contributed by atoms with Crippen LogP contribution in [0.2, 0.25) is 0 Å². The van der Waals surface area contributed by atoms with Crippen LogP contribution in [0.4, 0.5) is 0 Å². The van der Waals surface area contributed by atoms with Gasteiger partial charge in [0, 0.05) is 0 Å². The van der Waals surface area contributed by atoms with Crippen LogP contribution in [-0.2, 0) is 4.74 Å². The van der Waals surface area contributed by atoms with Gasteiger partial charge in [-0.2, -0.15) is 0 Å². The first-order valence-corrected chi connectivity index (χ1v) is 6.94. The molecule has 1 aromatic carbocycles. The summed E-state index contributed by atoms with van der Waals surface area (Å²) in [6, 6.07) is 6.37. The van der Waals surface area contributed by atoms with Gasteiger partial charge < -0.3 is 9.75 Å². The zero-order valence-corrected chi connectivity index (χ0v) is 11.3. The van der Waals surface area contributed by atoms with Gasteiger partial charge >= 0.3 is 0 Å². The summed E-state index contributed by atoms with van der Waals surface area (Å²) < 4.78 is 9.77. The quantitative estimate of drug-likeness (QED) is 0.739. The molecule has 0 unspecified atom stereocenters. The number of benzene rings is 1. The van der Waals surface area contributed by atoms with E-state index in [0.29, 0.717) is 0 Å². The standard InChI is InChI=1S/C12H14N2OS2/c1-9-3-2-4-10-11(9)14(12(16)17-10)13-5-7-15-8-6-13/h2-4H,5-8H2,1H3. The van der Waals surface area contributed by atoms with Crippen molar-refractivity contribution >= 4 is 33.8 Å². The first-order chi connectivity index (χ1) is 8.27. The predicted octanol–water partition coefficient (Wildman–Crippen LogP) is 2.71. The molecule has 1 fully saturated rings. The maximum atomic E-state index is 5.49.